The summed E-state index contributed by atoms with van der Waals surface area (Å²) < 4.78 is 2.02. The van der Waals surface area contributed by atoms with Crippen LogP contribution in [-0.4, -0.2) is 26.5 Å². The minimum Gasteiger partial charge on any atom is -0.359 e. The van der Waals surface area contributed by atoms with Gasteiger partial charge in [-0.3, -0.25) is 9.55 Å². The Morgan fingerprint density at radius 3 is 2.09 bits per heavy atom. The van der Waals surface area contributed by atoms with Gasteiger partial charge in [0.15, 0.2) is 11.5 Å². The molecule has 4 aromatic carbocycles. The third kappa shape index (κ3) is 3.47. The van der Waals surface area contributed by atoms with Gasteiger partial charge < -0.3 is 9.62 Å². The van der Waals surface area contributed by atoms with Gasteiger partial charge in [0.2, 0.25) is 0 Å². The molecule has 0 atom stereocenters. The van der Waals surface area contributed by atoms with E-state index in [4.69, 9.17) is 9.97 Å². The van der Waals surface area contributed by atoms with E-state index in [1.54, 1.807) is 6.20 Å². The van der Waals surface area contributed by atoms with Gasteiger partial charge in [-0.15, -0.1) is 0 Å². The van der Waals surface area contributed by atoms with Crippen LogP contribution in [0, 0.1) is 11.3 Å². The summed E-state index contributed by atoms with van der Waals surface area (Å²) >= 11 is 0. The molecule has 5 heterocycles. The lowest BCUT2D eigenvalue weighted by Crippen LogP contribution is -2.55. The zero-order chi connectivity index (χ0) is 29.2. The highest BCUT2D eigenvalue weighted by Gasteiger charge is 2.47. The first kappa shape index (κ1) is 24.4. The number of para-hydroxylation sites is 4. The van der Waals surface area contributed by atoms with Gasteiger partial charge >= 0.3 is 6.98 Å². The van der Waals surface area contributed by atoms with Crippen LogP contribution in [0.4, 0.5) is 22.7 Å². The summed E-state index contributed by atoms with van der Waals surface area (Å²) in [6.07, 6.45) is 3.49. The van der Waals surface area contributed by atoms with Crippen molar-refractivity contribution >= 4 is 46.4 Å². The number of aromatic nitrogens is 4. The minimum absolute atomic E-state index is 0.0614. The molecule has 0 bridgehead atoms. The molecule has 44 heavy (non-hydrogen) atoms. The number of benzene rings is 4. The molecule has 0 saturated carbocycles. The Kier molecular flexibility index (Phi) is 5.22. The molecule has 7 nitrogen and oxygen atoms in total. The molecule has 3 aromatic heterocycles. The Balaban J connectivity index is 1.20. The monoisotopic (exact) mass is 563 g/mol. The summed E-state index contributed by atoms with van der Waals surface area (Å²) in [5, 5.41) is 9.54. The molecule has 0 aliphatic carbocycles. The molecule has 0 amide bonds. The quantitative estimate of drug-likeness (QED) is 0.215. The van der Waals surface area contributed by atoms with E-state index >= 15 is 0 Å². The van der Waals surface area contributed by atoms with E-state index in [1.807, 2.05) is 53.2 Å². The van der Waals surface area contributed by atoms with Crippen LogP contribution in [0.3, 0.4) is 0 Å². The van der Waals surface area contributed by atoms with Crippen LogP contribution >= 0.6 is 0 Å². The number of anilines is 4. The van der Waals surface area contributed by atoms with Crippen LogP contribution in [0.25, 0.3) is 39.5 Å². The number of rotatable bonds is 3. The lowest BCUT2D eigenvalue weighted by atomic mass is 9.59. The maximum atomic E-state index is 9.54. The molecular formula is C36H22BN7. The third-order valence-corrected chi connectivity index (χ3v) is 8.49. The van der Waals surface area contributed by atoms with Crippen molar-refractivity contribution in [1.82, 2.24) is 19.5 Å². The minimum atomic E-state index is -0.0614. The highest BCUT2D eigenvalue weighted by atomic mass is 15.3. The molecule has 8 heteroatoms. The standard InChI is InChI=1S/C36H22BN7/c38-21-24-20-34-35(40-22-24)41-36(42(34)25-10-2-1-3-11-25)30-19-18-26(23-39-30)43-32-16-8-9-17-33(32)44-31-15-7-5-13-28(31)27-12-4-6-14-29(27)37(43)44/h1-20,22-23H. The van der Waals surface area contributed by atoms with Crippen LogP contribution < -0.4 is 15.1 Å². The van der Waals surface area contributed by atoms with E-state index < -0.39 is 0 Å². The molecule has 7 aromatic rings. The van der Waals surface area contributed by atoms with Crippen molar-refractivity contribution in [2.75, 3.05) is 9.62 Å². The van der Waals surface area contributed by atoms with E-state index in [0.717, 1.165) is 28.3 Å². The lowest BCUT2D eigenvalue weighted by Gasteiger charge is -2.36. The van der Waals surface area contributed by atoms with Gasteiger partial charge in [0.05, 0.1) is 28.7 Å². The van der Waals surface area contributed by atoms with Crippen LogP contribution in [-0.2, 0) is 0 Å². The molecule has 0 radical (unpaired) electrons. The smallest absolute Gasteiger partial charge is 0.359 e. The van der Waals surface area contributed by atoms with Gasteiger partial charge in [-0.05, 0) is 59.6 Å². The van der Waals surface area contributed by atoms with E-state index in [1.165, 1.54) is 22.3 Å². The average Bonchev–Trinajstić information content (AvgIpc) is 3.65. The van der Waals surface area contributed by atoms with Gasteiger partial charge in [0.1, 0.15) is 11.8 Å². The first-order chi connectivity index (χ1) is 21.8. The maximum Gasteiger partial charge on any atom is 0.421 e. The van der Waals surface area contributed by atoms with Crippen molar-refractivity contribution in [2.24, 2.45) is 0 Å². The zero-order valence-corrected chi connectivity index (χ0v) is 23.4. The van der Waals surface area contributed by atoms with E-state index in [9.17, 15) is 5.26 Å². The van der Waals surface area contributed by atoms with Gasteiger partial charge in [-0.2, -0.15) is 5.26 Å². The van der Waals surface area contributed by atoms with Gasteiger partial charge in [0.25, 0.3) is 0 Å². The van der Waals surface area contributed by atoms with Gasteiger partial charge in [-0.25, -0.2) is 9.97 Å². The second kappa shape index (κ2) is 9.41. The molecule has 2 aliphatic heterocycles. The van der Waals surface area contributed by atoms with Crippen molar-refractivity contribution in [3.8, 4) is 34.4 Å². The van der Waals surface area contributed by atoms with Crippen LogP contribution in [0.15, 0.2) is 134 Å². The maximum absolute atomic E-state index is 9.54. The topological polar surface area (TPSA) is 73.9 Å². The van der Waals surface area contributed by atoms with Crippen molar-refractivity contribution in [2.45, 2.75) is 0 Å². The van der Waals surface area contributed by atoms with Crippen LogP contribution in [0.5, 0.6) is 0 Å². The average molecular weight is 563 g/mol. The van der Waals surface area contributed by atoms with Crippen molar-refractivity contribution in [3.63, 3.8) is 0 Å². The van der Waals surface area contributed by atoms with Crippen LogP contribution in [0.1, 0.15) is 5.56 Å². The second-order valence-electron chi connectivity index (χ2n) is 10.9. The molecule has 0 saturated heterocycles. The highest BCUT2D eigenvalue weighted by molar-refractivity contribution is 6.86. The van der Waals surface area contributed by atoms with Gasteiger partial charge in [-0.1, -0.05) is 72.8 Å². The highest BCUT2D eigenvalue weighted by Crippen LogP contribution is 2.50. The summed E-state index contributed by atoms with van der Waals surface area (Å²) in [6, 6.07) is 44.0. The number of nitrogens with zero attached hydrogens (tertiary/aromatic N) is 7. The molecule has 0 fully saturated rings. The SMILES string of the molecule is N#Cc1cnc2nc(-c3ccc(N4B5c6ccccc6-c6ccccc6N5c5ccccc54)cn3)n(-c3ccccc3)c2c1. The fraction of sp³-hybridized carbons (Fsp3) is 0. The number of pyridine rings is 2. The number of hydrogen-bond donors (Lipinski definition) is 0. The van der Waals surface area contributed by atoms with E-state index in [2.05, 4.69) is 99.5 Å². The summed E-state index contributed by atoms with van der Waals surface area (Å²) in [5.74, 6) is 0.667. The molecule has 9 rings (SSSR count). The fourth-order valence-electron chi connectivity index (χ4n) is 6.64. The molecule has 2 aliphatic rings. The first-order valence-corrected chi connectivity index (χ1v) is 14.5. The number of imidazole rings is 1. The summed E-state index contributed by atoms with van der Waals surface area (Å²) in [6.45, 7) is -0.0614. The normalized spacial score (nSPS) is 12.8. The molecule has 0 unspecified atom stereocenters. The zero-order valence-electron chi connectivity index (χ0n) is 23.4. The summed E-state index contributed by atoms with van der Waals surface area (Å²) in [7, 11) is 0. The Hall–Kier alpha value is -6.20. The number of fused-ring (bicyclic) bond motifs is 9. The number of hydrogen-bond acceptors (Lipinski definition) is 6. The lowest BCUT2D eigenvalue weighted by molar-refractivity contribution is 1.08. The van der Waals surface area contributed by atoms with Crippen molar-refractivity contribution in [3.05, 3.63) is 139 Å². The third-order valence-electron chi connectivity index (χ3n) is 8.49. The predicted octanol–water partition coefficient (Wildman–Crippen LogP) is 7.02. The van der Waals surface area contributed by atoms with Crippen molar-refractivity contribution in [1.29, 1.82) is 5.26 Å². The Labute approximate surface area is 254 Å². The van der Waals surface area contributed by atoms with E-state index in [-0.39, 0.29) is 6.98 Å². The van der Waals surface area contributed by atoms with E-state index in [0.29, 0.717) is 22.7 Å². The molecule has 0 spiro atoms. The Morgan fingerprint density at radius 2 is 1.32 bits per heavy atom. The summed E-state index contributed by atoms with van der Waals surface area (Å²) in [4.78, 5) is 19.2. The summed E-state index contributed by atoms with van der Waals surface area (Å²) in [5.41, 5.74) is 11.6. The Bertz CT molecular complexity index is 2270. The fourth-order valence-corrected chi connectivity index (χ4v) is 6.64. The first-order valence-electron chi connectivity index (χ1n) is 14.5. The Morgan fingerprint density at radius 1 is 0.614 bits per heavy atom. The molecule has 0 N–H and O–H groups in total. The molecule has 204 valence electrons. The van der Waals surface area contributed by atoms with Crippen LogP contribution in [0.2, 0.25) is 0 Å². The largest absolute Gasteiger partial charge is 0.421 e. The number of nitriles is 1. The predicted molar refractivity (Wildman–Crippen MR) is 175 cm³/mol. The molecular weight excluding hydrogens is 541 g/mol. The van der Waals surface area contributed by atoms with Crippen molar-refractivity contribution < 1.29 is 0 Å². The second-order valence-corrected chi connectivity index (χ2v) is 10.9. The van der Waals surface area contributed by atoms with Gasteiger partial charge in [0, 0.05) is 28.8 Å².